The Balaban J connectivity index is 1.39. The average Bonchev–Trinajstić information content (AvgIpc) is 3.22. The molecular formula is C26H27N7O2S. The third kappa shape index (κ3) is 4.91. The van der Waals surface area contributed by atoms with Crippen molar-refractivity contribution < 1.29 is 4.92 Å². The van der Waals surface area contributed by atoms with Gasteiger partial charge in [0.2, 0.25) is 11.6 Å². The first kappa shape index (κ1) is 23.8. The smallest absolute Gasteiger partial charge is 0.348 e. The highest BCUT2D eigenvalue weighted by Crippen LogP contribution is 2.36. The third-order valence-corrected chi connectivity index (χ3v) is 7.44. The number of hydrogen-bond donors (Lipinski definition) is 1. The van der Waals surface area contributed by atoms with Gasteiger partial charge in [-0.2, -0.15) is 0 Å². The largest absolute Gasteiger partial charge is 0.353 e. The van der Waals surface area contributed by atoms with Crippen LogP contribution in [0.2, 0.25) is 0 Å². The minimum absolute atomic E-state index is 0.114. The van der Waals surface area contributed by atoms with Crippen LogP contribution in [0, 0.1) is 24.0 Å². The summed E-state index contributed by atoms with van der Waals surface area (Å²) in [5.74, 6) is 0.491. The Hall–Kier alpha value is -3.89. The maximum atomic E-state index is 12.1. The maximum absolute atomic E-state index is 12.1. The number of piperazine rings is 1. The fourth-order valence-corrected chi connectivity index (χ4v) is 5.38. The number of rotatable bonds is 7. The third-order valence-electron chi connectivity index (χ3n) is 6.45. The van der Waals surface area contributed by atoms with Crippen LogP contribution in [-0.4, -0.2) is 51.0 Å². The van der Waals surface area contributed by atoms with E-state index < -0.39 is 4.92 Å². The van der Waals surface area contributed by atoms with Crippen molar-refractivity contribution in [2.75, 3.05) is 36.4 Å². The molecule has 0 aliphatic carbocycles. The molecule has 0 saturated carbocycles. The van der Waals surface area contributed by atoms with E-state index in [1.165, 1.54) is 28.8 Å². The van der Waals surface area contributed by atoms with Gasteiger partial charge in [0.05, 0.1) is 16.7 Å². The van der Waals surface area contributed by atoms with E-state index in [1.807, 2.05) is 30.9 Å². The zero-order chi connectivity index (χ0) is 25.1. The molecule has 36 heavy (non-hydrogen) atoms. The van der Waals surface area contributed by atoms with Gasteiger partial charge in [0, 0.05) is 31.1 Å². The standard InChI is InChI=1S/C26H27N7O2S/c1-18-19(2)36-26(29-18)30-24-23(33(34)35)25(28-17-27-24)32-15-13-31(14-16-32)22(20-9-5-3-6-10-20)21-11-7-4-8-12-21/h3-12,17,22H,13-16H2,1-2H3,(H,27,28,29,30). The van der Waals surface area contributed by atoms with Crippen molar-refractivity contribution in [2.45, 2.75) is 19.9 Å². The molecule has 1 aliphatic rings. The number of aryl methyl sites for hydroxylation is 2. The first-order chi connectivity index (χ1) is 17.5. The molecule has 2 aromatic carbocycles. The van der Waals surface area contributed by atoms with Crippen LogP contribution >= 0.6 is 11.3 Å². The summed E-state index contributed by atoms with van der Waals surface area (Å²) in [4.78, 5) is 30.1. The summed E-state index contributed by atoms with van der Waals surface area (Å²) in [7, 11) is 0. The van der Waals surface area contributed by atoms with Crippen LogP contribution < -0.4 is 10.2 Å². The molecule has 9 nitrogen and oxygen atoms in total. The van der Waals surface area contributed by atoms with Crippen LogP contribution in [0.25, 0.3) is 0 Å². The van der Waals surface area contributed by atoms with Crippen LogP contribution in [-0.2, 0) is 0 Å². The Kier molecular flexibility index (Phi) is 6.88. The number of nitro groups is 1. The van der Waals surface area contributed by atoms with E-state index in [2.05, 4.69) is 73.7 Å². The van der Waals surface area contributed by atoms with Gasteiger partial charge in [0.1, 0.15) is 6.33 Å². The van der Waals surface area contributed by atoms with Crippen LogP contribution in [0.5, 0.6) is 0 Å². The molecule has 1 saturated heterocycles. The van der Waals surface area contributed by atoms with Crippen LogP contribution in [0.4, 0.5) is 22.5 Å². The predicted molar refractivity (Wildman–Crippen MR) is 142 cm³/mol. The summed E-state index contributed by atoms with van der Waals surface area (Å²) in [5, 5.41) is 15.7. The van der Waals surface area contributed by atoms with Crippen molar-refractivity contribution in [3.05, 3.63) is 98.8 Å². The molecule has 2 aromatic heterocycles. The highest BCUT2D eigenvalue weighted by molar-refractivity contribution is 7.15. The van der Waals surface area contributed by atoms with E-state index in [9.17, 15) is 10.1 Å². The van der Waals surface area contributed by atoms with E-state index in [4.69, 9.17) is 0 Å². The fraction of sp³-hybridized carbons (Fsp3) is 0.269. The van der Waals surface area contributed by atoms with Crippen LogP contribution in [0.1, 0.15) is 27.7 Å². The van der Waals surface area contributed by atoms with E-state index in [-0.39, 0.29) is 17.5 Å². The van der Waals surface area contributed by atoms with Gasteiger partial charge in [0.25, 0.3) is 0 Å². The monoisotopic (exact) mass is 501 g/mol. The summed E-state index contributed by atoms with van der Waals surface area (Å²) in [6.07, 6.45) is 1.38. The van der Waals surface area contributed by atoms with Gasteiger partial charge in [-0.3, -0.25) is 15.0 Å². The molecule has 184 valence electrons. The lowest BCUT2D eigenvalue weighted by atomic mass is 9.96. The molecular weight excluding hydrogens is 474 g/mol. The number of nitrogens with zero attached hydrogens (tertiary/aromatic N) is 6. The second-order valence-corrected chi connectivity index (χ2v) is 9.89. The van der Waals surface area contributed by atoms with E-state index in [1.54, 1.807) is 0 Å². The van der Waals surface area contributed by atoms with Gasteiger partial charge in [-0.15, -0.1) is 11.3 Å². The Labute approximate surface area is 213 Å². The minimum Gasteiger partial charge on any atom is -0.348 e. The lowest BCUT2D eigenvalue weighted by Gasteiger charge is -2.40. The molecule has 0 amide bonds. The Morgan fingerprint density at radius 2 is 1.56 bits per heavy atom. The lowest BCUT2D eigenvalue weighted by molar-refractivity contribution is -0.383. The van der Waals surface area contributed by atoms with Gasteiger partial charge in [-0.1, -0.05) is 60.7 Å². The van der Waals surface area contributed by atoms with Gasteiger partial charge in [-0.05, 0) is 25.0 Å². The van der Waals surface area contributed by atoms with E-state index in [0.29, 0.717) is 24.0 Å². The average molecular weight is 502 g/mol. The fourth-order valence-electron chi connectivity index (χ4n) is 4.56. The molecule has 0 bridgehead atoms. The van der Waals surface area contributed by atoms with Crippen molar-refractivity contribution >= 4 is 33.8 Å². The molecule has 5 rings (SSSR count). The quantitative estimate of drug-likeness (QED) is 0.275. The molecule has 3 heterocycles. The molecule has 4 aromatic rings. The SMILES string of the molecule is Cc1nc(Nc2ncnc(N3CCN(C(c4ccccc4)c4ccccc4)CC3)c2[N+](=O)[O-])sc1C. The van der Waals surface area contributed by atoms with Gasteiger partial charge < -0.3 is 10.2 Å². The molecule has 1 aliphatic heterocycles. The van der Waals surface area contributed by atoms with Crippen LogP contribution in [0.15, 0.2) is 67.0 Å². The zero-order valence-electron chi connectivity index (χ0n) is 20.2. The number of benzene rings is 2. The first-order valence-electron chi connectivity index (χ1n) is 11.8. The molecule has 1 fully saturated rings. The molecule has 1 N–H and O–H groups in total. The van der Waals surface area contributed by atoms with E-state index in [0.717, 1.165) is 23.7 Å². The van der Waals surface area contributed by atoms with Gasteiger partial charge in [-0.25, -0.2) is 15.0 Å². The van der Waals surface area contributed by atoms with Gasteiger partial charge in [0.15, 0.2) is 5.13 Å². The molecule has 10 heteroatoms. The summed E-state index contributed by atoms with van der Waals surface area (Å²) < 4.78 is 0. The Morgan fingerprint density at radius 1 is 0.944 bits per heavy atom. The van der Waals surface area contributed by atoms with Crippen molar-refractivity contribution in [2.24, 2.45) is 0 Å². The Morgan fingerprint density at radius 3 is 2.08 bits per heavy atom. The van der Waals surface area contributed by atoms with E-state index >= 15 is 0 Å². The molecule has 0 radical (unpaired) electrons. The molecule has 0 unspecified atom stereocenters. The predicted octanol–water partition coefficient (Wildman–Crippen LogP) is 5.11. The lowest BCUT2D eigenvalue weighted by Crippen LogP contribution is -2.48. The number of thiazole rings is 1. The highest BCUT2D eigenvalue weighted by Gasteiger charge is 2.32. The minimum atomic E-state index is -0.409. The zero-order valence-corrected chi connectivity index (χ0v) is 21.0. The summed E-state index contributed by atoms with van der Waals surface area (Å²) >= 11 is 1.44. The van der Waals surface area contributed by atoms with Crippen molar-refractivity contribution in [1.82, 2.24) is 19.9 Å². The van der Waals surface area contributed by atoms with Crippen molar-refractivity contribution in [3.8, 4) is 0 Å². The number of hydrogen-bond acceptors (Lipinski definition) is 9. The number of aromatic nitrogens is 3. The van der Waals surface area contributed by atoms with Crippen LogP contribution in [0.3, 0.4) is 0 Å². The molecule has 0 spiro atoms. The highest BCUT2D eigenvalue weighted by atomic mass is 32.1. The summed E-state index contributed by atoms with van der Waals surface area (Å²) in [5.41, 5.74) is 3.22. The van der Waals surface area contributed by atoms with Crippen molar-refractivity contribution in [1.29, 1.82) is 0 Å². The first-order valence-corrected chi connectivity index (χ1v) is 12.6. The number of anilines is 3. The topological polar surface area (TPSA) is 100 Å². The summed E-state index contributed by atoms with van der Waals surface area (Å²) in [6, 6.07) is 21.0. The van der Waals surface area contributed by atoms with Crippen molar-refractivity contribution in [3.63, 3.8) is 0 Å². The second kappa shape index (κ2) is 10.4. The normalized spacial score (nSPS) is 14.2. The maximum Gasteiger partial charge on any atom is 0.353 e. The Bertz CT molecular complexity index is 1280. The summed E-state index contributed by atoms with van der Waals surface area (Å²) in [6.45, 7) is 6.59. The molecule has 0 atom stereocenters. The second-order valence-electron chi connectivity index (χ2n) is 8.68. The van der Waals surface area contributed by atoms with Gasteiger partial charge >= 0.3 is 5.69 Å². The number of nitrogens with one attached hydrogen (secondary N) is 1.